The number of anilines is 1. The first kappa shape index (κ1) is 15.8. The Kier molecular flexibility index (Phi) is 6.15. The first-order chi connectivity index (χ1) is 8.91. The van der Waals surface area contributed by atoms with E-state index in [2.05, 4.69) is 19.2 Å². The SMILES string of the molecule is CC(C)CCOCCNc1ccccc1C(F)(F)F. The van der Waals surface area contributed by atoms with Crippen LogP contribution in [0.3, 0.4) is 0 Å². The summed E-state index contributed by atoms with van der Waals surface area (Å²) in [5.74, 6) is 0.568. The van der Waals surface area contributed by atoms with Crippen LogP contribution in [-0.4, -0.2) is 19.8 Å². The zero-order chi connectivity index (χ0) is 14.3. The van der Waals surface area contributed by atoms with E-state index in [0.29, 0.717) is 25.7 Å². The molecule has 0 radical (unpaired) electrons. The molecule has 5 heteroatoms. The van der Waals surface area contributed by atoms with Gasteiger partial charge in [-0.1, -0.05) is 26.0 Å². The van der Waals surface area contributed by atoms with Gasteiger partial charge in [-0.05, 0) is 24.5 Å². The quantitative estimate of drug-likeness (QED) is 0.754. The molecule has 0 aliphatic carbocycles. The summed E-state index contributed by atoms with van der Waals surface area (Å²) in [4.78, 5) is 0. The number of nitrogens with one attached hydrogen (secondary N) is 1. The van der Waals surface area contributed by atoms with E-state index in [-0.39, 0.29) is 5.69 Å². The van der Waals surface area contributed by atoms with Crippen molar-refractivity contribution in [2.75, 3.05) is 25.1 Å². The van der Waals surface area contributed by atoms with E-state index >= 15 is 0 Å². The van der Waals surface area contributed by atoms with Crippen LogP contribution in [0.25, 0.3) is 0 Å². The molecule has 0 atom stereocenters. The highest BCUT2D eigenvalue weighted by Crippen LogP contribution is 2.34. The minimum atomic E-state index is -4.33. The fraction of sp³-hybridized carbons (Fsp3) is 0.571. The first-order valence-electron chi connectivity index (χ1n) is 6.39. The fourth-order valence-electron chi connectivity index (χ4n) is 1.56. The van der Waals surface area contributed by atoms with E-state index in [4.69, 9.17) is 4.74 Å². The molecule has 19 heavy (non-hydrogen) atoms. The van der Waals surface area contributed by atoms with Crippen molar-refractivity contribution < 1.29 is 17.9 Å². The Morgan fingerprint density at radius 1 is 1.16 bits per heavy atom. The maximum Gasteiger partial charge on any atom is 0.418 e. The van der Waals surface area contributed by atoms with Gasteiger partial charge in [0, 0.05) is 18.8 Å². The van der Waals surface area contributed by atoms with Gasteiger partial charge in [0.1, 0.15) is 0 Å². The normalized spacial score (nSPS) is 11.9. The summed E-state index contributed by atoms with van der Waals surface area (Å²) in [7, 11) is 0. The Labute approximate surface area is 112 Å². The maximum absolute atomic E-state index is 12.7. The topological polar surface area (TPSA) is 21.3 Å². The summed E-state index contributed by atoms with van der Waals surface area (Å²) >= 11 is 0. The second-order valence-corrected chi connectivity index (χ2v) is 4.77. The molecule has 0 amide bonds. The molecule has 0 fully saturated rings. The average molecular weight is 275 g/mol. The highest BCUT2D eigenvalue weighted by Gasteiger charge is 2.32. The monoisotopic (exact) mass is 275 g/mol. The molecular weight excluding hydrogens is 255 g/mol. The van der Waals surface area contributed by atoms with Gasteiger partial charge in [-0.15, -0.1) is 0 Å². The molecule has 1 aromatic rings. The molecule has 108 valence electrons. The van der Waals surface area contributed by atoms with Crippen LogP contribution in [-0.2, 0) is 10.9 Å². The van der Waals surface area contributed by atoms with E-state index < -0.39 is 11.7 Å². The summed E-state index contributed by atoms with van der Waals surface area (Å²) < 4.78 is 43.4. The maximum atomic E-state index is 12.7. The van der Waals surface area contributed by atoms with Crippen molar-refractivity contribution >= 4 is 5.69 Å². The lowest BCUT2D eigenvalue weighted by atomic mass is 10.1. The van der Waals surface area contributed by atoms with Crippen LogP contribution in [0, 0.1) is 5.92 Å². The lowest BCUT2D eigenvalue weighted by Crippen LogP contribution is -2.15. The Morgan fingerprint density at radius 3 is 2.47 bits per heavy atom. The van der Waals surface area contributed by atoms with Crippen molar-refractivity contribution in [1.82, 2.24) is 0 Å². The largest absolute Gasteiger partial charge is 0.418 e. The van der Waals surface area contributed by atoms with Crippen LogP contribution in [0.2, 0.25) is 0 Å². The number of halogens is 3. The van der Waals surface area contributed by atoms with Gasteiger partial charge in [-0.25, -0.2) is 0 Å². The third-order valence-electron chi connectivity index (χ3n) is 2.63. The van der Waals surface area contributed by atoms with Gasteiger partial charge in [0.15, 0.2) is 0 Å². The van der Waals surface area contributed by atoms with Gasteiger partial charge in [0.2, 0.25) is 0 Å². The highest BCUT2D eigenvalue weighted by atomic mass is 19.4. The van der Waals surface area contributed by atoms with Gasteiger partial charge in [-0.2, -0.15) is 13.2 Å². The van der Waals surface area contributed by atoms with Crippen LogP contribution in [0.5, 0.6) is 0 Å². The Bertz CT molecular complexity index is 377. The lowest BCUT2D eigenvalue weighted by molar-refractivity contribution is -0.137. The van der Waals surface area contributed by atoms with Gasteiger partial charge < -0.3 is 10.1 Å². The molecule has 0 bridgehead atoms. The number of hydrogen-bond donors (Lipinski definition) is 1. The molecule has 0 heterocycles. The van der Waals surface area contributed by atoms with Crippen molar-refractivity contribution in [2.24, 2.45) is 5.92 Å². The average Bonchev–Trinajstić information content (AvgIpc) is 2.32. The zero-order valence-corrected chi connectivity index (χ0v) is 11.3. The zero-order valence-electron chi connectivity index (χ0n) is 11.3. The van der Waals surface area contributed by atoms with Gasteiger partial charge in [0.05, 0.1) is 12.2 Å². The molecule has 0 saturated carbocycles. The standard InChI is InChI=1S/C14H20F3NO/c1-11(2)7-9-19-10-8-18-13-6-4-3-5-12(13)14(15,16)17/h3-6,11,18H,7-10H2,1-2H3. The fourth-order valence-corrected chi connectivity index (χ4v) is 1.56. The molecule has 0 spiro atoms. The van der Waals surface area contributed by atoms with E-state index in [1.807, 2.05) is 0 Å². The number of ether oxygens (including phenoxy) is 1. The molecular formula is C14H20F3NO. The Balaban J connectivity index is 2.37. The van der Waals surface area contributed by atoms with E-state index in [1.165, 1.54) is 12.1 Å². The Morgan fingerprint density at radius 2 is 1.84 bits per heavy atom. The van der Waals surface area contributed by atoms with Crippen molar-refractivity contribution in [3.63, 3.8) is 0 Å². The summed E-state index contributed by atoms with van der Waals surface area (Å²) in [6.45, 7) is 5.60. The lowest BCUT2D eigenvalue weighted by Gasteiger charge is -2.14. The first-order valence-corrected chi connectivity index (χ1v) is 6.39. The molecule has 0 aliphatic heterocycles. The van der Waals surface area contributed by atoms with Crippen LogP contribution in [0.1, 0.15) is 25.8 Å². The van der Waals surface area contributed by atoms with Crippen LogP contribution >= 0.6 is 0 Å². The number of rotatable bonds is 7. The number of para-hydroxylation sites is 1. The van der Waals surface area contributed by atoms with E-state index in [1.54, 1.807) is 6.07 Å². The van der Waals surface area contributed by atoms with Crippen LogP contribution in [0.4, 0.5) is 18.9 Å². The van der Waals surface area contributed by atoms with Crippen molar-refractivity contribution in [1.29, 1.82) is 0 Å². The third kappa shape index (κ3) is 5.96. The van der Waals surface area contributed by atoms with Gasteiger partial charge in [-0.3, -0.25) is 0 Å². The molecule has 0 saturated heterocycles. The summed E-state index contributed by atoms with van der Waals surface area (Å²) in [5, 5.41) is 2.76. The second-order valence-electron chi connectivity index (χ2n) is 4.77. The van der Waals surface area contributed by atoms with Crippen LogP contribution in [0.15, 0.2) is 24.3 Å². The van der Waals surface area contributed by atoms with E-state index in [0.717, 1.165) is 12.5 Å². The summed E-state index contributed by atoms with van der Waals surface area (Å²) in [5.41, 5.74) is -0.542. The summed E-state index contributed by atoms with van der Waals surface area (Å²) in [6, 6.07) is 5.46. The molecule has 0 aliphatic rings. The van der Waals surface area contributed by atoms with Gasteiger partial charge in [0.25, 0.3) is 0 Å². The van der Waals surface area contributed by atoms with Gasteiger partial charge >= 0.3 is 6.18 Å². The number of alkyl halides is 3. The smallest absolute Gasteiger partial charge is 0.382 e. The minimum Gasteiger partial charge on any atom is -0.382 e. The molecule has 0 aromatic heterocycles. The Hall–Kier alpha value is -1.23. The van der Waals surface area contributed by atoms with E-state index in [9.17, 15) is 13.2 Å². The molecule has 1 aromatic carbocycles. The van der Waals surface area contributed by atoms with Crippen molar-refractivity contribution in [3.8, 4) is 0 Å². The van der Waals surface area contributed by atoms with Crippen LogP contribution < -0.4 is 5.32 Å². The highest BCUT2D eigenvalue weighted by molar-refractivity contribution is 5.52. The minimum absolute atomic E-state index is 0.0995. The number of hydrogen-bond acceptors (Lipinski definition) is 2. The van der Waals surface area contributed by atoms with Crippen molar-refractivity contribution in [2.45, 2.75) is 26.4 Å². The molecule has 2 nitrogen and oxygen atoms in total. The summed E-state index contributed by atoms with van der Waals surface area (Å²) in [6.07, 6.45) is -3.37. The number of benzene rings is 1. The predicted molar refractivity (Wildman–Crippen MR) is 70.2 cm³/mol. The molecule has 1 rings (SSSR count). The third-order valence-corrected chi connectivity index (χ3v) is 2.63. The second kappa shape index (κ2) is 7.38. The van der Waals surface area contributed by atoms with Crippen molar-refractivity contribution in [3.05, 3.63) is 29.8 Å². The predicted octanol–water partition coefficient (Wildman–Crippen LogP) is 4.18. The molecule has 1 N–H and O–H groups in total. The molecule has 0 unspecified atom stereocenters.